The molecular weight excluding hydrogens is 220 g/mol. The molecule has 0 amide bonds. The lowest BCUT2D eigenvalue weighted by Crippen LogP contribution is -2.44. The van der Waals surface area contributed by atoms with Crippen molar-refractivity contribution in [2.45, 2.75) is 19.8 Å². The Balaban J connectivity index is 3.00. The number of carbonyl (C=O) groups is 2. The fraction of sp³-hybridized carbons (Fsp3) is 0.385. The second-order valence-corrected chi connectivity index (χ2v) is 4.15. The maximum Gasteiger partial charge on any atom is 0.0457 e. The van der Waals surface area contributed by atoms with Crippen molar-refractivity contribution < 1.29 is 19.8 Å². The number of carbonyl (C=O) groups excluding carboxylic acids is 2. The molecule has 0 bridgehead atoms. The lowest BCUT2D eigenvalue weighted by atomic mass is 9.80. The number of aliphatic carboxylic acids is 2. The predicted octanol–water partition coefficient (Wildman–Crippen LogP) is -0.458. The first kappa shape index (κ1) is 13.2. The highest BCUT2D eigenvalue weighted by molar-refractivity contribution is 5.78. The summed E-state index contributed by atoms with van der Waals surface area (Å²) in [5.41, 5.74) is 0.773. The van der Waals surface area contributed by atoms with Gasteiger partial charge < -0.3 is 19.8 Å². The molecule has 0 aliphatic rings. The molecule has 0 unspecified atom stereocenters. The zero-order chi connectivity index (χ0) is 13.0. The molecular formula is C13H14O4-2. The van der Waals surface area contributed by atoms with Gasteiger partial charge >= 0.3 is 0 Å². The smallest absolute Gasteiger partial charge is 0.0457 e. The van der Waals surface area contributed by atoms with E-state index in [-0.39, 0.29) is 0 Å². The van der Waals surface area contributed by atoms with Crippen molar-refractivity contribution >= 4 is 11.9 Å². The molecule has 0 saturated heterocycles. The molecule has 0 heterocycles. The third kappa shape index (κ3) is 3.06. The van der Waals surface area contributed by atoms with Crippen molar-refractivity contribution in [1.82, 2.24) is 0 Å². The average molecular weight is 234 g/mol. The molecule has 4 heteroatoms. The molecule has 0 radical (unpaired) electrons. The van der Waals surface area contributed by atoms with E-state index in [9.17, 15) is 19.8 Å². The Hall–Kier alpha value is -1.84. The summed E-state index contributed by atoms with van der Waals surface area (Å²) in [7, 11) is 0. The first-order chi connectivity index (χ1) is 7.95. The summed E-state index contributed by atoms with van der Waals surface area (Å²) in [6.45, 7) is 3.00. The molecule has 17 heavy (non-hydrogen) atoms. The van der Waals surface area contributed by atoms with E-state index in [1.807, 2.05) is 6.07 Å². The van der Waals surface area contributed by atoms with Crippen molar-refractivity contribution in [3.8, 4) is 0 Å². The minimum Gasteiger partial charge on any atom is -0.550 e. The number of hydrogen-bond donors (Lipinski definition) is 0. The fourth-order valence-electron chi connectivity index (χ4n) is 1.95. The van der Waals surface area contributed by atoms with E-state index in [4.69, 9.17) is 0 Å². The van der Waals surface area contributed by atoms with Crippen LogP contribution in [-0.2, 0) is 9.59 Å². The molecule has 0 aliphatic heterocycles. The topological polar surface area (TPSA) is 80.3 Å². The van der Waals surface area contributed by atoms with Gasteiger partial charge in [0.1, 0.15) is 0 Å². The Kier molecular flexibility index (Phi) is 4.26. The van der Waals surface area contributed by atoms with Crippen LogP contribution in [0.2, 0.25) is 0 Å². The Bertz CT molecular complexity index is 399. The molecule has 0 N–H and O–H groups in total. The van der Waals surface area contributed by atoms with Gasteiger partial charge in [-0.2, -0.15) is 0 Å². The summed E-state index contributed by atoms with van der Waals surface area (Å²) in [4.78, 5) is 21.8. The molecule has 3 atom stereocenters. The lowest BCUT2D eigenvalue weighted by Gasteiger charge is -2.31. The number of benzene rings is 1. The van der Waals surface area contributed by atoms with Crippen molar-refractivity contribution in [3.63, 3.8) is 0 Å². The van der Waals surface area contributed by atoms with Gasteiger partial charge in [0.2, 0.25) is 0 Å². The Morgan fingerprint density at radius 1 is 1.00 bits per heavy atom. The van der Waals surface area contributed by atoms with Gasteiger partial charge in [-0.15, -0.1) is 0 Å². The maximum atomic E-state index is 11.1. The summed E-state index contributed by atoms with van der Waals surface area (Å²) in [5.74, 6) is -5.35. The zero-order valence-electron chi connectivity index (χ0n) is 9.75. The molecule has 1 aromatic carbocycles. The van der Waals surface area contributed by atoms with E-state index in [1.54, 1.807) is 31.2 Å². The Labute approximate surface area is 99.9 Å². The number of hydrogen-bond acceptors (Lipinski definition) is 4. The Morgan fingerprint density at radius 2 is 1.53 bits per heavy atom. The van der Waals surface area contributed by atoms with E-state index in [0.29, 0.717) is 0 Å². The van der Waals surface area contributed by atoms with Crippen LogP contribution in [0, 0.1) is 11.8 Å². The van der Waals surface area contributed by atoms with Crippen LogP contribution < -0.4 is 10.2 Å². The number of carboxylic acid groups (broad SMARTS) is 2. The molecule has 0 fully saturated rings. The molecule has 0 saturated carbocycles. The van der Waals surface area contributed by atoms with Gasteiger partial charge in [0, 0.05) is 23.8 Å². The SMILES string of the molecule is C[C@@H](C(=O)[O-])[C@H](C(=O)[O-])[C@@H](C)c1ccccc1. The lowest BCUT2D eigenvalue weighted by molar-refractivity contribution is -0.326. The highest BCUT2D eigenvalue weighted by Crippen LogP contribution is 2.29. The third-order valence-corrected chi connectivity index (χ3v) is 3.05. The third-order valence-electron chi connectivity index (χ3n) is 3.05. The van der Waals surface area contributed by atoms with Crippen LogP contribution >= 0.6 is 0 Å². The van der Waals surface area contributed by atoms with Crippen molar-refractivity contribution in [2.75, 3.05) is 0 Å². The highest BCUT2D eigenvalue weighted by Gasteiger charge is 2.26. The van der Waals surface area contributed by atoms with E-state index in [2.05, 4.69) is 0 Å². The fourth-order valence-corrected chi connectivity index (χ4v) is 1.95. The van der Waals surface area contributed by atoms with Crippen LogP contribution in [0.1, 0.15) is 25.3 Å². The number of rotatable bonds is 5. The van der Waals surface area contributed by atoms with E-state index >= 15 is 0 Å². The van der Waals surface area contributed by atoms with Gasteiger partial charge in [0.25, 0.3) is 0 Å². The second kappa shape index (κ2) is 5.48. The first-order valence-corrected chi connectivity index (χ1v) is 5.41. The van der Waals surface area contributed by atoms with Crippen molar-refractivity contribution in [3.05, 3.63) is 35.9 Å². The van der Waals surface area contributed by atoms with E-state index < -0.39 is 29.7 Å². The minimum absolute atomic E-state index is 0.436. The minimum atomic E-state index is -1.37. The van der Waals surface area contributed by atoms with Gasteiger partial charge in [0.15, 0.2) is 0 Å². The summed E-state index contributed by atoms with van der Waals surface area (Å²) in [6.07, 6.45) is 0. The summed E-state index contributed by atoms with van der Waals surface area (Å²) in [5, 5.41) is 21.8. The monoisotopic (exact) mass is 234 g/mol. The zero-order valence-corrected chi connectivity index (χ0v) is 9.75. The van der Waals surface area contributed by atoms with Crippen LogP contribution in [0.15, 0.2) is 30.3 Å². The van der Waals surface area contributed by atoms with Crippen LogP contribution in [0.25, 0.3) is 0 Å². The quantitative estimate of drug-likeness (QED) is 0.690. The van der Waals surface area contributed by atoms with E-state index in [1.165, 1.54) is 6.92 Å². The van der Waals surface area contributed by atoms with Gasteiger partial charge in [-0.05, 0) is 11.5 Å². The van der Waals surface area contributed by atoms with Gasteiger partial charge in [-0.3, -0.25) is 0 Å². The van der Waals surface area contributed by atoms with Crippen LogP contribution in [0.5, 0.6) is 0 Å². The normalized spacial score (nSPS) is 15.9. The molecule has 4 nitrogen and oxygen atoms in total. The number of carboxylic acids is 2. The predicted molar refractivity (Wildman–Crippen MR) is 57.5 cm³/mol. The molecule has 0 spiro atoms. The molecule has 0 aromatic heterocycles. The summed E-state index contributed by atoms with van der Waals surface area (Å²) in [6, 6.07) is 8.90. The van der Waals surface area contributed by atoms with Crippen LogP contribution in [0.3, 0.4) is 0 Å². The van der Waals surface area contributed by atoms with Crippen molar-refractivity contribution in [2.24, 2.45) is 11.8 Å². The van der Waals surface area contributed by atoms with Gasteiger partial charge in [-0.1, -0.05) is 44.2 Å². The summed E-state index contributed by atoms with van der Waals surface area (Å²) >= 11 is 0. The largest absolute Gasteiger partial charge is 0.550 e. The van der Waals surface area contributed by atoms with Crippen molar-refractivity contribution in [1.29, 1.82) is 0 Å². The standard InChI is InChI=1S/C13H16O4/c1-8(10-6-4-3-5-7-10)11(13(16)17)9(2)12(14)15/h3-9,11H,1-2H3,(H,14,15)(H,16,17)/p-2/t8-,9+,11+/m0/s1. The molecule has 92 valence electrons. The van der Waals surface area contributed by atoms with Gasteiger partial charge in [0.05, 0.1) is 0 Å². The maximum absolute atomic E-state index is 11.1. The van der Waals surface area contributed by atoms with Crippen LogP contribution in [0.4, 0.5) is 0 Å². The van der Waals surface area contributed by atoms with Gasteiger partial charge in [-0.25, -0.2) is 0 Å². The first-order valence-electron chi connectivity index (χ1n) is 5.41. The average Bonchev–Trinajstić information content (AvgIpc) is 2.29. The molecule has 1 aromatic rings. The second-order valence-electron chi connectivity index (χ2n) is 4.15. The van der Waals surface area contributed by atoms with Crippen LogP contribution in [-0.4, -0.2) is 11.9 Å². The highest BCUT2D eigenvalue weighted by atomic mass is 16.4. The molecule has 0 aliphatic carbocycles. The molecule has 1 rings (SSSR count). The Morgan fingerprint density at radius 3 is 1.94 bits per heavy atom. The summed E-state index contributed by atoms with van der Waals surface area (Å²) < 4.78 is 0. The van der Waals surface area contributed by atoms with E-state index in [0.717, 1.165) is 5.56 Å².